The molecule has 9 heteroatoms. The molecule has 0 spiro atoms. The smallest absolute Gasteiger partial charge is 0.295 e. The van der Waals surface area contributed by atoms with E-state index in [1.165, 1.54) is 29.2 Å². The average Bonchev–Trinajstić information content (AvgIpc) is 3.06. The third-order valence-electron chi connectivity index (χ3n) is 5.35. The zero-order valence-corrected chi connectivity index (χ0v) is 18.9. The lowest BCUT2D eigenvalue weighted by Crippen LogP contribution is -2.35. The maximum absolute atomic E-state index is 13.0. The number of carbonyl (C=O) groups excluding carboxylic acids is 2. The monoisotopic (exact) mass is 453 g/mol. The van der Waals surface area contributed by atoms with Crippen molar-refractivity contribution in [1.29, 1.82) is 0 Å². The third kappa shape index (κ3) is 5.20. The lowest BCUT2D eigenvalue weighted by molar-refractivity contribution is -0.384. The summed E-state index contributed by atoms with van der Waals surface area (Å²) in [4.78, 5) is 39.7. The molecule has 0 bridgehead atoms. The summed E-state index contributed by atoms with van der Waals surface area (Å²) in [5.74, 6) is -1.18. The van der Waals surface area contributed by atoms with Crippen molar-refractivity contribution in [2.24, 2.45) is 0 Å². The number of amides is 1. The summed E-state index contributed by atoms with van der Waals surface area (Å²) >= 11 is 0. The van der Waals surface area contributed by atoms with E-state index in [0.29, 0.717) is 30.0 Å². The van der Waals surface area contributed by atoms with Gasteiger partial charge in [0.1, 0.15) is 11.5 Å². The largest absolute Gasteiger partial charge is 0.507 e. The molecule has 0 aliphatic carbocycles. The zero-order chi connectivity index (χ0) is 24.1. The van der Waals surface area contributed by atoms with Crippen LogP contribution in [0.15, 0.2) is 54.1 Å². The molecule has 1 saturated heterocycles. The molecule has 0 saturated carbocycles. The first-order chi connectivity index (χ1) is 15.7. The second-order valence-corrected chi connectivity index (χ2v) is 8.02. The third-order valence-corrected chi connectivity index (χ3v) is 5.35. The lowest BCUT2D eigenvalue weighted by atomic mass is 9.95. The summed E-state index contributed by atoms with van der Waals surface area (Å²) in [6.07, 6.45) is 0.855. The van der Waals surface area contributed by atoms with Crippen molar-refractivity contribution < 1.29 is 24.4 Å². The quantitative estimate of drug-likeness (QED) is 0.204. The van der Waals surface area contributed by atoms with Gasteiger partial charge in [-0.1, -0.05) is 6.92 Å². The SMILES string of the molecule is CCCOc1ccc(/C(O)=C2/C(=O)C(=O)N(CCN(C)C)C2c2ccc([N+](=O)[O-])cc2)cc1. The highest BCUT2D eigenvalue weighted by atomic mass is 16.6. The van der Waals surface area contributed by atoms with Crippen LogP contribution >= 0.6 is 0 Å². The van der Waals surface area contributed by atoms with Crippen LogP contribution in [0.4, 0.5) is 5.69 Å². The fourth-order valence-electron chi connectivity index (χ4n) is 3.63. The van der Waals surface area contributed by atoms with Gasteiger partial charge >= 0.3 is 0 Å². The molecule has 1 aliphatic rings. The highest BCUT2D eigenvalue weighted by Crippen LogP contribution is 2.39. The normalized spacial score (nSPS) is 17.6. The van der Waals surface area contributed by atoms with Gasteiger partial charge in [0.05, 0.1) is 23.1 Å². The number of hydrogen-bond acceptors (Lipinski definition) is 7. The number of rotatable bonds is 9. The minimum Gasteiger partial charge on any atom is -0.507 e. The van der Waals surface area contributed by atoms with E-state index in [1.807, 2.05) is 25.9 Å². The average molecular weight is 453 g/mol. The van der Waals surface area contributed by atoms with Crippen LogP contribution < -0.4 is 4.74 Å². The Hall–Kier alpha value is -3.72. The molecule has 0 radical (unpaired) electrons. The zero-order valence-electron chi connectivity index (χ0n) is 18.9. The van der Waals surface area contributed by atoms with E-state index in [-0.39, 0.29) is 23.6 Å². The van der Waals surface area contributed by atoms with E-state index in [1.54, 1.807) is 24.3 Å². The van der Waals surface area contributed by atoms with E-state index in [4.69, 9.17) is 4.74 Å². The van der Waals surface area contributed by atoms with Crippen molar-refractivity contribution in [2.75, 3.05) is 33.8 Å². The second-order valence-electron chi connectivity index (χ2n) is 8.02. The van der Waals surface area contributed by atoms with Gasteiger partial charge < -0.3 is 19.6 Å². The molecule has 1 heterocycles. The number of hydrogen-bond donors (Lipinski definition) is 1. The Kier molecular flexibility index (Phi) is 7.44. The molecule has 0 aromatic heterocycles. The number of non-ortho nitro benzene ring substituents is 1. The van der Waals surface area contributed by atoms with E-state index < -0.39 is 22.7 Å². The van der Waals surface area contributed by atoms with E-state index in [2.05, 4.69) is 0 Å². The molecule has 3 rings (SSSR count). The minimum atomic E-state index is -0.859. The molecule has 2 aromatic carbocycles. The number of aliphatic hydroxyl groups is 1. The summed E-state index contributed by atoms with van der Waals surface area (Å²) in [5, 5.41) is 22.1. The number of carbonyl (C=O) groups is 2. The van der Waals surface area contributed by atoms with Crippen molar-refractivity contribution in [2.45, 2.75) is 19.4 Å². The molecule has 1 atom stereocenters. The predicted octanol–water partition coefficient (Wildman–Crippen LogP) is 3.37. The van der Waals surface area contributed by atoms with Crippen LogP contribution in [-0.4, -0.2) is 65.3 Å². The molecular formula is C24H27N3O6. The van der Waals surface area contributed by atoms with Crippen LogP contribution in [0.5, 0.6) is 5.75 Å². The van der Waals surface area contributed by atoms with Gasteiger partial charge in [0.25, 0.3) is 17.4 Å². The van der Waals surface area contributed by atoms with Gasteiger partial charge in [-0.25, -0.2) is 0 Å². The number of nitrogens with zero attached hydrogens (tertiary/aromatic N) is 3. The van der Waals surface area contributed by atoms with Gasteiger partial charge in [0.15, 0.2) is 0 Å². The Morgan fingerprint density at radius 3 is 2.30 bits per heavy atom. The number of likely N-dealkylation sites (tertiary alicyclic amines) is 1. The lowest BCUT2D eigenvalue weighted by Gasteiger charge is -2.26. The first kappa shape index (κ1) is 23.9. The topological polar surface area (TPSA) is 113 Å². The van der Waals surface area contributed by atoms with E-state index >= 15 is 0 Å². The summed E-state index contributed by atoms with van der Waals surface area (Å²) < 4.78 is 5.56. The maximum Gasteiger partial charge on any atom is 0.295 e. The molecule has 2 aromatic rings. The van der Waals surface area contributed by atoms with Gasteiger partial charge in [-0.05, 0) is 62.5 Å². The van der Waals surface area contributed by atoms with E-state index in [9.17, 15) is 24.8 Å². The van der Waals surface area contributed by atoms with Crippen LogP contribution in [0.25, 0.3) is 5.76 Å². The minimum absolute atomic E-state index is 0.0464. The highest BCUT2D eigenvalue weighted by Gasteiger charge is 2.46. The number of nitro groups is 1. The fourth-order valence-corrected chi connectivity index (χ4v) is 3.63. The number of nitro benzene ring substituents is 1. The number of likely N-dealkylation sites (N-methyl/N-ethyl adjacent to an activating group) is 1. The van der Waals surface area contributed by atoms with Crippen molar-refractivity contribution in [3.05, 3.63) is 75.3 Å². The summed E-state index contributed by atoms with van der Waals surface area (Å²) in [6.45, 7) is 3.30. The van der Waals surface area contributed by atoms with Crippen molar-refractivity contribution >= 4 is 23.1 Å². The van der Waals surface area contributed by atoms with Gasteiger partial charge in [-0.15, -0.1) is 0 Å². The Balaban J connectivity index is 2.06. The second kappa shape index (κ2) is 10.3. The molecule has 1 N–H and O–H groups in total. The van der Waals surface area contributed by atoms with Gasteiger partial charge in [-0.3, -0.25) is 19.7 Å². The van der Waals surface area contributed by atoms with Gasteiger partial charge in [0, 0.05) is 30.8 Å². The molecular weight excluding hydrogens is 426 g/mol. The van der Waals surface area contributed by atoms with Crippen LogP contribution in [0.1, 0.15) is 30.5 Å². The number of ketones is 1. The van der Waals surface area contributed by atoms with Gasteiger partial charge in [0.2, 0.25) is 0 Å². The summed E-state index contributed by atoms with van der Waals surface area (Å²) in [6, 6.07) is 11.4. The maximum atomic E-state index is 13.0. The molecule has 9 nitrogen and oxygen atoms in total. The van der Waals surface area contributed by atoms with Gasteiger partial charge in [-0.2, -0.15) is 0 Å². The van der Waals surface area contributed by atoms with E-state index in [0.717, 1.165) is 6.42 Å². The molecule has 1 amide bonds. The first-order valence-electron chi connectivity index (χ1n) is 10.6. The molecule has 1 aliphatic heterocycles. The summed E-state index contributed by atoms with van der Waals surface area (Å²) in [5.41, 5.74) is 0.723. The molecule has 33 heavy (non-hydrogen) atoms. The standard InChI is InChI=1S/C24H27N3O6/c1-4-15-33-19-11-7-17(8-12-19)22(28)20-21(16-5-9-18(10-6-16)27(31)32)26(14-13-25(2)3)24(30)23(20)29/h5-12,21,28H,4,13-15H2,1-3H3/b22-20-. The van der Waals surface area contributed by atoms with Crippen LogP contribution in [0.2, 0.25) is 0 Å². The molecule has 1 fully saturated rings. The number of Topliss-reactive ketones (excluding diaryl/α,β-unsaturated/α-hetero) is 1. The van der Waals surface area contributed by atoms with Crippen molar-refractivity contribution in [1.82, 2.24) is 9.80 Å². The number of benzene rings is 2. The van der Waals surface area contributed by atoms with Crippen LogP contribution in [0, 0.1) is 10.1 Å². The van der Waals surface area contributed by atoms with Crippen molar-refractivity contribution in [3.63, 3.8) is 0 Å². The Bertz CT molecular complexity index is 1060. The Labute approximate surface area is 192 Å². The van der Waals surface area contributed by atoms with Crippen LogP contribution in [0.3, 0.4) is 0 Å². The Morgan fingerprint density at radius 2 is 1.76 bits per heavy atom. The van der Waals surface area contributed by atoms with Crippen molar-refractivity contribution in [3.8, 4) is 5.75 Å². The number of ether oxygens (including phenoxy) is 1. The molecule has 1 unspecified atom stereocenters. The molecule has 174 valence electrons. The Morgan fingerprint density at radius 1 is 1.12 bits per heavy atom. The highest BCUT2D eigenvalue weighted by molar-refractivity contribution is 6.46. The summed E-state index contributed by atoms with van der Waals surface area (Å²) in [7, 11) is 3.69. The van der Waals surface area contributed by atoms with Crippen LogP contribution in [-0.2, 0) is 9.59 Å². The number of aliphatic hydroxyl groups excluding tert-OH is 1. The fraction of sp³-hybridized carbons (Fsp3) is 0.333. The predicted molar refractivity (Wildman–Crippen MR) is 123 cm³/mol. The first-order valence-corrected chi connectivity index (χ1v) is 10.6.